The number of nitrogens with zero attached hydrogens (tertiary/aromatic N) is 2. The van der Waals surface area contributed by atoms with Gasteiger partial charge in [-0.15, -0.1) is 0 Å². The van der Waals surface area contributed by atoms with Gasteiger partial charge in [0.2, 0.25) is 0 Å². The first-order valence-electron chi connectivity index (χ1n) is 4.21. The zero-order valence-electron chi connectivity index (χ0n) is 7.66. The second-order valence-corrected chi connectivity index (χ2v) is 2.99. The van der Waals surface area contributed by atoms with Crippen molar-refractivity contribution in [2.75, 3.05) is 5.73 Å². The van der Waals surface area contributed by atoms with Crippen LogP contribution in [0.2, 0.25) is 0 Å². The van der Waals surface area contributed by atoms with Crippen LogP contribution in [0.25, 0.3) is 11.3 Å². The molecule has 0 radical (unpaired) electrons. The summed E-state index contributed by atoms with van der Waals surface area (Å²) in [5.74, 6) is -0.249. The first-order chi connectivity index (χ1) is 7.20. The van der Waals surface area contributed by atoms with Crippen LogP contribution >= 0.6 is 0 Å². The highest BCUT2D eigenvalue weighted by atomic mass is 19.1. The number of nitrogens with one attached hydrogen (secondary N) is 1. The molecule has 0 saturated carbocycles. The molecule has 1 heterocycles. The number of nitriles is 1. The lowest BCUT2D eigenvalue weighted by Crippen LogP contribution is -1.87. The van der Waals surface area contributed by atoms with Crippen molar-refractivity contribution >= 4 is 5.95 Å². The van der Waals surface area contributed by atoms with E-state index < -0.39 is 5.82 Å². The smallest absolute Gasteiger partial charge is 0.197 e. The molecule has 0 saturated heterocycles. The van der Waals surface area contributed by atoms with Gasteiger partial charge in [-0.05, 0) is 18.2 Å². The van der Waals surface area contributed by atoms with Crippen LogP contribution in [0.3, 0.4) is 0 Å². The molecule has 0 aliphatic rings. The van der Waals surface area contributed by atoms with E-state index in [0.29, 0.717) is 11.3 Å². The third-order valence-electron chi connectivity index (χ3n) is 1.99. The zero-order chi connectivity index (χ0) is 10.8. The van der Waals surface area contributed by atoms with Crippen LogP contribution < -0.4 is 5.73 Å². The van der Waals surface area contributed by atoms with Gasteiger partial charge in [-0.2, -0.15) is 5.26 Å². The minimum Gasteiger partial charge on any atom is -0.369 e. The zero-order valence-corrected chi connectivity index (χ0v) is 7.66. The molecule has 0 spiro atoms. The highest BCUT2D eigenvalue weighted by molar-refractivity contribution is 5.62. The average molecular weight is 202 g/mol. The highest BCUT2D eigenvalue weighted by Crippen LogP contribution is 2.20. The number of nitrogens with two attached hydrogens (primary N) is 1. The Kier molecular flexibility index (Phi) is 2.10. The fourth-order valence-corrected chi connectivity index (χ4v) is 1.26. The van der Waals surface area contributed by atoms with Gasteiger partial charge in [-0.1, -0.05) is 0 Å². The minimum atomic E-state index is -0.534. The van der Waals surface area contributed by atoms with Crippen molar-refractivity contribution in [1.82, 2.24) is 9.97 Å². The number of imidazole rings is 1. The van der Waals surface area contributed by atoms with E-state index in [-0.39, 0.29) is 11.5 Å². The van der Waals surface area contributed by atoms with Crippen molar-refractivity contribution in [2.24, 2.45) is 0 Å². The molecule has 1 aromatic carbocycles. The van der Waals surface area contributed by atoms with E-state index in [9.17, 15) is 4.39 Å². The Hall–Kier alpha value is -2.35. The van der Waals surface area contributed by atoms with Crippen LogP contribution in [0.5, 0.6) is 0 Å². The summed E-state index contributed by atoms with van der Waals surface area (Å²) in [5, 5.41) is 8.65. The Morgan fingerprint density at radius 3 is 2.87 bits per heavy atom. The van der Waals surface area contributed by atoms with E-state index in [1.807, 2.05) is 0 Å². The van der Waals surface area contributed by atoms with Gasteiger partial charge in [0.05, 0.1) is 17.5 Å². The van der Waals surface area contributed by atoms with E-state index in [1.165, 1.54) is 18.3 Å². The fourth-order valence-electron chi connectivity index (χ4n) is 1.26. The lowest BCUT2D eigenvalue weighted by molar-refractivity contribution is 0.624. The predicted octanol–water partition coefficient (Wildman–Crippen LogP) is 1.67. The topological polar surface area (TPSA) is 78.5 Å². The van der Waals surface area contributed by atoms with Gasteiger partial charge < -0.3 is 10.7 Å². The molecule has 74 valence electrons. The van der Waals surface area contributed by atoms with Gasteiger partial charge in [0.25, 0.3) is 0 Å². The Labute approximate surface area is 85.2 Å². The van der Waals surface area contributed by atoms with Crippen LogP contribution in [-0.4, -0.2) is 9.97 Å². The molecular weight excluding hydrogens is 195 g/mol. The van der Waals surface area contributed by atoms with Crippen molar-refractivity contribution in [3.05, 3.63) is 35.8 Å². The Morgan fingerprint density at radius 2 is 2.27 bits per heavy atom. The number of rotatable bonds is 1. The molecule has 0 amide bonds. The second-order valence-electron chi connectivity index (χ2n) is 2.99. The van der Waals surface area contributed by atoms with Crippen LogP contribution in [0.15, 0.2) is 24.4 Å². The van der Waals surface area contributed by atoms with E-state index in [0.717, 1.165) is 0 Å². The SMILES string of the molecule is N#Cc1cc(-c2cnc(N)[nH]2)ccc1F. The maximum atomic E-state index is 13.0. The number of benzene rings is 1. The largest absolute Gasteiger partial charge is 0.369 e. The molecule has 0 unspecified atom stereocenters. The second kappa shape index (κ2) is 3.42. The average Bonchev–Trinajstić information content (AvgIpc) is 2.66. The van der Waals surface area contributed by atoms with Crippen molar-refractivity contribution in [1.29, 1.82) is 5.26 Å². The highest BCUT2D eigenvalue weighted by Gasteiger charge is 2.06. The van der Waals surface area contributed by atoms with Gasteiger partial charge in [0.1, 0.15) is 11.9 Å². The van der Waals surface area contributed by atoms with Crippen LogP contribution in [0.4, 0.5) is 10.3 Å². The van der Waals surface area contributed by atoms with Crippen molar-refractivity contribution < 1.29 is 4.39 Å². The molecule has 4 nitrogen and oxygen atoms in total. The third kappa shape index (κ3) is 1.65. The number of aromatic amines is 1. The minimum absolute atomic E-state index is 0.000622. The summed E-state index contributed by atoms with van der Waals surface area (Å²) in [6.07, 6.45) is 1.53. The quantitative estimate of drug-likeness (QED) is 0.738. The van der Waals surface area contributed by atoms with E-state index in [2.05, 4.69) is 9.97 Å². The van der Waals surface area contributed by atoms with Crippen molar-refractivity contribution in [2.45, 2.75) is 0 Å². The first-order valence-corrected chi connectivity index (χ1v) is 4.21. The Bertz CT molecular complexity index is 539. The van der Waals surface area contributed by atoms with Gasteiger partial charge in [0, 0.05) is 5.56 Å². The maximum Gasteiger partial charge on any atom is 0.197 e. The molecule has 15 heavy (non-hydrogen) atoms. The summed E-state index contributed by atoms with van der Waals surface area (Å²) < 4.78 is 13.0. The monoisotopic (exact) mass is 202 g/mol. The van der Waals surface area contributed by atoms with Gasteiger partial charge >= 0.3 is 0 Å². The van der Waals surface area contributed by atoms with Crippen LogP contribution in [0.1, 0.15) is 5.56 Å². The molecule has 0 fully saturated rings. The number of anilines is 1. The van der Waals surface area contributed by atoms with E-state index in [1.54, 1.807) is 12.1 Å². The Morgan fingerprint density at radius 1 is 1.47 bits per heavy atom. The lowest BCUT2D eigenvalue weighted by Gasteiger charge is -1.98. The summed E-state index contributed by atoms with van der Waals surface area (Å²) in [4.78, 5) is 6.61. The molecule has 2 aromatic rings. The standard InChI is InChI=1S/C10H7FN4/c11-8-2-1-6(3-7(8)4-12)9-5-14-10(13)15-9/h1-3,5H,(H3,13,14,15). The van der Waals surface area contributed by atoms with Crippen LogP contribution in [-0.2, 0) is 0 Å². The number of aromatic nitrogens is 2. The molecule has 1 aromatic heterocycles. The Balaban J connectivity index is 2.51. The van der Waals surface area contributed by atoms with Crippen molar-refractivity contribution in [3.63, 3.8) is 0 Å². The summed E-state index contributed by atoms with van der Waals surface area (Å²) in [7, 11) is 0. The number of H-pyrrole nitrogens is 1. The number of nitrogen functional groups attached to an aromatic ring is 1. The molecular formula is C10H7FN4. The van der Waals surface area contributed by atoms with Crippen molar-refractivity contribution in [3.8, 4) is 17.3 Å². The predicted molar refractivity (Wildman–Crippen MR) is 53.1 cm³/mol. The summed E-state index contributed by atoms with van der Waals surface area (Å²) in [6.45, 7) is 0. The van der Waals surface area contributed by atoms with E-state index >= 15 is 0 Å². The molecule has 0 aliphatic heterocycles. The molecule has 0 aliphatic carbocycles. The molecule has 3 N–H and O–H groups in total. The van der Waals surface area contributed by atoms with E-state index in [4.69, 9.17) is 11.0 Å². The fraction of sp³-hybridized carbons (Fsp3) is 0. The summed E-state index contributed by atoms with van der Waals surface area (Å²) >= 11 is 0. The summed E-state index contributed by atoms with van der Waals surface area (Å²) in [5.41, 5.74) is 6.75. The van der Waals surface area contributed by atoms with Gasteiger partial charge in [0.15, 0.2) is 5.95 Å². The summed E-state index contributed by atoms with van der Waals surface area (Å²) in [6, 6.07) is 6.02. The van der Waals surface area contributed by atoms with Gasteiger partial charge in [-0.25, -0.2) is 9.37 Å². The van der Waals surface area contributed by atoms with Gasteiger partial charge in [-0.3, -0.25) is 0 Å². The number of hydrogen-bond acceptors (Lipinski definition) is 3. The molecule has 0 atom stereocenters. The maximum absolute atomic E-state index is 13.0. The third-order valence-corrected chi connectivity index (χ3v) is 1.99. The molecule has 5 heteroatoms. The van der Waals surface area contributed by atoms with Crippen LogP contribution in [0, 0.1) is 17.1 Å². The molecule has 2 rings (SSSR count). The molecule has 0 bridgehead atoms. The lowest BCUT2D eigenvalue weighted by atomic mass is 10.1. The number of halogens is 1. The first kappa shape index (κ1) is 9.21. The normalized spacial score (nSPS) is 9.87. The number of hydrogen-bond donors (Lipinski definition) is 2.